The van der Waals surface area contributed by atoms with Crippen LogP contribution in [0.4, 0.5) is 22.7 Å². The van der Waals surface area contributed by atoms with Crippen molar-refractivity contribution in [1.82, 2.24) is 82.5 Å². The Bertz CT molecular complexity index is 3670. The fourth-order valence-electron chi connectivity index (χ4n) is 7.52. The Hall–Kier alpha value is -12.1. The van der Waals surface area contributed by atoms with Gasteiger partial charge in [0, 0.05) is 67.3 Å². The average molecular weight is 1090 g/mol. The quantitative estimate of drug-likeness (QED) is 0.0565. The summed E-state index contributed by atoms with van der Waals surface area (Å²) >= 11 is 0. The third kappa shape index (κ3) is 15.5. The minimum atomic E-state index is -0.157. The topological polar surface area (TPSA) is 334 Å². The van der Waals surface area contributed by atoms with E-state index < -0.39 is 0 Å². The first-order valence-corrected chi connectivity index (χ1v) is 24.9. The van der Waals surface area contributed by atoms with E-state index in [1.54, 1.807) is 97.1 Å². The minimum Gasteiger partial charge on any atom is -0.322 e. The molecule has 8 N–H and O–H groups in total. The molecule has 24 nitrogen and oxygen atoms in total. The van der Waals surface area contributed by atoms with Crippen molar-refractivity contribution in [3.63, 3.8) is 0 Å². The van der Waals surface area contributed by atoms with E-state index in [4.69, 9.17) is 0 Å². The normalized spacial score (nSPS) is 10.3. The zero-order valence-electron chi connectivity index (χ0n) is 43.6. The molecule has 0 bridgehead atoms. The standard InChI is InChI=1S/2C15H13N5O.2C14H11N5O/c2*1-10-3-2-4-13(9-10)16-15(21)12-7-5-11(6-8-12)14-17-19-20-18-14;2*20-14(15-12-4-2-1-3-5-12)11-8-6-10(7-9-11)13-16-18-19-17-13/h2*2-9H,1H3,(H,16,21)(H,17,18,19,20);2*1-9H,(H,15,20)(H,16,17,18,19). The van der Waals surface area contributed by atoms with Gasteiger partial charge in [-0.2, -0.15) is 20.9 Å². The first-order chi connectivity index (χ1) is 40.1. The summed E-state index contributed by atoms with van der Waals surface area (Å²) in [5, 5.41) is 66.0. The summed E-state index contributed by atoms with van der Waals surface area (Å²) < 4.78 is 0. The van der Waals surface area contributed by atoms with Crippen LogP contribution < -0.4 is 21.3 Å². The summed E-state index contributed by atoms with van der Waals surface area (Å²) in [5.41, 5.74) is 10.8. The molecule has 0 aliphatic carbocycles. The van der Waals surface area contributed by atoms with Crippen molar-refractivity contribution in [2.75, 3.05) is 21.3 Å². The molecule has 0 fully saturated rings. The molecule has 0 saturated carbocycles. The maximum Gasteiger partial charge on any atom is 0.255 e. The number of carbonyl (C=O) groups is 4. The van der Waals surface area contributed by atoms with Gasteiger partial charge in [0.25, 0.3) is 23.6 Å². The highest BCUT2D eigenvalue weighted by Crippen LogP contribution is 2.20. The molecule has 0 spiro atoms. The van der Waals surface area contributed by atoms with Crippen LogP contribution in [0.3, 0.4) is 0 Å². The molecule has 0 radical (unpaired) electrons. The molecule has 0 saturated heterocycles. The molecule has 404 valence electrons. The van der Waals surface area contributed by atoms with E-state index >= 15 is 0 Å². The van der Waals surface area contributed by atoms with Crippen LogP contribution in [0.15, 0.2) is 206 Å². The number of benzene rings is 8. The molecule has 4 heterocycles. The summed E-state index contributed by atoms with van der Waals surface area (Å²) in [5.74, 6) is 1.38. The van der Waals surface area contributed by atoms with Gasteiger partial charge in [-0.3, -0.25) is 19.2 Å². The summed E-state index contributed by atoms with van der Waals surface area (Å²) in [6.07, 6.45) is 0. The van der Waals surface area contributed by atoms with Crippen LogP contribution in [0.25, 0.3) is 45.6 Å². The Kier molecular flexibility index (Phi) is 18.2. The number of aromatic nitrogens is 16. The SMILES string of the molecule is Cc1cccc(NC(=O)c2ccc(-c3nn[nH]n3)cc2)c1.Cc1cccc(NC(=O)c2ccc(-c3nn[nH]n3)cc2)c1.O=C(Nc1ccccc1)c1ccc(-c2nn[nH]n2)cc1.O=C(Nc1ccccc1)c1ccc(-c2nn[nH]n2)cc1. The number of hydrogen-bond acceptors (Lipinski definition) is 16. The number of hydrogen-bond donors (Lipinski definition) is 8. The molecule has 8 aromatic carbocycles. The summed E-state index contributed by atoms with van der Waals surface area (Å²) in [6, 6.07) is 62.1. The van der Waals surface area contributed by atoms with Gasteiger partial charge in [0.05, 0.1) is 0 Å². The second-order valence-corrected chi connectivity index (χ2v) is 17.5. The first-order valence-electron chi connectivity index (χ1n) is 24.9. The van der Waals surface area contributed by atoms with Gasteiger partial charge in [-0.05, 0) is 143 Å². The zero-order valence-corrected chi connectivity index (χ0v) is 43.6. The molecule has 12 rings (SSSR count). The highest BCUT2D eigenvalue weighted by molar-refractivity contribution is 6.06. The summed E-state index contributed by atoms with van der Waals surface area (Å²) in [7, 11) is 0. The maximum absolute atomic E-state index is 12.2. The average Bonchev–Trinajstić information content (AvgIpc) is 4.40. The zero-order chi connectivity index (χ0) is 56.9. The number of nitrogens with one attached hydrogen (secondary N) is 8. The Balaban J connectivity index is 0.000000132. The number of rotatable bonds is 12. The number of anilines is 4. The Morgan fingerprint density at radius 1 is 0.293 bits per heavy atom. The van der Waals surface area contributed by atoms with Crippen LogP contribution in [0.5, 0.6) is 0 Å². The lowest BCUT2D eigenvalue weighted by atomic mass is 10.1. The molecule has 82 heavy (non-hydrogen) atoms. The number of para-hydroxylation sites is 2. The van der Waals surface area contributed by atoms with Gasteiger partial charge < -0.3 is 21.3 Å². The first kappa shape index (κ1) is 54.7. The van der Waals surface area contributed by atoms with Crippen molar-refractivity contribution < 1.29 is 19.2 Å². The van der Waals surface area contributed by atoms with Crippen LogP contribution in [-0.4, -0.2) is 106 Å². The van der Waals surface area contributed by atoms with Gasteiger partial charge in [-0.25, -0.2) is 0 Å². The number of tetrazole rings is 4. The predicted octanol–water partition coefficient (Wildman–Crippen LogP) is 9.09. The fourth-order valence-corrected chi connectivity index (χ4v) is 7.52. The van der Waals surface area contributed by atoms with Crippen LogP contribution in [0, 0.1) is 13.8 Å². The molecule has 24 heteroatoms. The van der Waals surface area contributed by atoms with E-state index in [1.165, 1.54) is 0 Å². The highest BCUT2D eigenvalue weighted by Gasteiger charge is 2.12. The molecule has 4 aromatic heterocycles. The molecular weight excluding hydrogens is 1040 g/mol. The number of aromatic amines is 4. The highest BCUT2D eigenvalue weighted by atomic mass is 16.2. The fraction of sp³-hybridized carbons (Fsp3) is 0.0345. The third-order valence-electron chi connectivity index (χ3n) is 11.6. The summed E-state index contributed by atoms with van der Waals surface area (Å²) in [4.78, 5) is 48.4. The Morgan fingerprint density at radius 3 is 0.768 bits per heavy atom. The number of carbonyl (C=O) groups excluding carboxylic acids is 4. The van der Waals surface area contributed by atoms with Gasteiger partial charge in [-0.15, -0.1) is 40.8 Å². The van der Waals surface area contributed by atoms with Crippen LogP contribution >= 0.6 is 0 Å². The van der Waals surface area contributed by atoms with Crippen molar-refractivity contribution in [2.24, 2.45) is 0 Å². The number of aryl methyl sites for hydroxylation is 2. The van der Waals surface area contributed by atoms with E-state index in [9.17, 15) is 19.2 Å². The van der Waals surface area contributed by atoms with Crippen LogP contribution in [0.1, 0.15) is 52.6 Å². The van der Waals surface area contributed by atoms with E-state index in [1.807, 2.05) is 123 Å². The molecule has 0 aliphatic rings. The van der Waals surface area contributed by atoms with Crippen LogP contribution in [0.2, 0.25) is 0 Å². The Labute approximate surface area is 466 Å². The Morgan fingerprint density at radius 2 is 0.537 bits per heavy atom. The smallest absolute Gasteiger partial charge is 0.255 e. The molecule has 0 aliphatic heterocycles. The van der Waals surface area contributed by atoms with Crippen molar-refractivity contribution in [2.45, 2.75) is 13.8 Å². The van der Waals surface area contributed by atoms with E-state index in [2.05, 4.69) is 104 Å². The molecule has 0 atom stereocenters. The lowest BCUT2D eigenvalue weighted by Gasteiger charge is -2.06. The second-order valence-electron chi connectivity index (χ2n) is 17.5. The van der Waals surface area contributed by atoms with Gasteiger partial charge in [0.15, 0.2) is 0 Å². The van der Waals surface area contributed by atoms with E-state index in [0.717, 1.165) is 56.1 Å². The number of H-pyrrole nitrogens is 4. The predicted molar refractivity (Wildman–Crippen MR) is 306 cm³/mol. The van der Waals surface area contributed by atoms with E-state index in [0.29, 0.717) is 45.6 Å². The van der Waals surface area contributed by atoms with Gasteiger partial charge >= 0.3 is 0 Å². The van der Waals surface area contributed by atoms with Crippen molar-refractivity contribution >= 4 is 46.4 Å². The van der Waals surface area contributed by atoms with Crippen molar-refractivity contribution in [3.8, 4) is 45.6 Å². The molecular formula is C58H48N20O4. The number of amides is 4. The van der Waals surface area contributed by atoms with Gasteiger partial charge in [0.2, 0.25) is 23.3 Å². The van der Waals surface area contributed by atoms with Gasteiger partial charge in [-0.1, -0.05) is 109 Å². The summed E-state index contributed by atoms with van der Waals surface area (Å²) in [6.45, 7) is 3.96. The molecule has 4 amide bonds. The maximum atomic E-state index is 12.2. The lowest BCUT2D eigenvalue weighted by Crippen LogP contribution is -2.11. The second kappa shape index (κ2) is 27.3. The third-order valence-corrected chi connectivity index (χ3v) is 11.6. The minimum absolute atomic E-state index is 0.153. The number of nitrogens with zero attached hydrogens (tertiary/aromatic N) is 12. The van der Waals surface area contributed by atoms with Crippen molar-refractivity contribution in [1.29, 1.82) is 0 Å². The monoisotopic (exact) mass is 1090 g/mol. The lowest BCUT2D eigenvalue weighted by molar-refractivity contribution is 0.101. The van der Waals surface area contributed by atoms with Gasteiger partial charge in [0.1, 0.15) is 0 Å². The largest absolute Gasteiger partial charge is 0.322 e. The van der Waals surface area contributed by atoms with Crippen LogP contribution in [-0.2, 0) is 0 Å². The van der Waals surface area contributed by atoms with Crippen molar-refractivity contribution in [3.05, 3.63) is 240 Å². The molecule has 0 unspecified atom stereocenters. The molecule has 12 aromatic rings. The van der Waals surface area contributed by atoms with E-state index in [-0.39, 0.29) is 23.6 Å².